The third kappa shape index (κ3) is 3.04. The molecule has 0 radical (unpaired) electrons. The van der Waals surface area contributed by atoms with Crippen LogP contribution in [0.25, 0.3) is 0 Å². The van der Waals surface area contributed by atoms with Crippen molar-refractivity contribution < 1.29 is 9.32 Å². The zero-order chi connectivity index (χ0) is 13.8. The van der Waals surface area contributed by atoms with Gasteiger partial charge in [0.25, 0.3) is 0 Å². The number of carbonyl (C=O) groups is 1. The van der Waals surface area contributed by atoms with Crippen LogP contribution in [-0.4, -0.2) is 28.3 Å². The van der Waals surface area contributed by atoms with Crippen LogP contribution in [0.1, 0.15) is 17.7 Å². The summed E-state index contributed by atoms with van der Waals surface area (Å²) < 4.78 is 5.13. The van der Waals surface area contributed by atoms with E-state index in [0.717, 1.165) is 30.0 Å². The zero-order valence-electron chi connectivity index (χ0n) is 11.1. The predicted octanol–water partition coefficient (Wildman–Crippen LogP) is 2.74. The summed E-state index contributed by atoms with van der Waals surface area (Å²) in [4.78, 5) is 15.3. The molecule has 0 saturated heterocycles. The van der Waals surface area contributed by atoms with Crippen molar-refractivity contribution in [2.45, 2.75) is 24.3 Å². The molecule has 1 aromatic carbocycles. The van der Waals surface area contributed by atoms with Crippen molar-refractivity contribution in [3.05, 3.63) is 47.9 Å². The first-order valence-electron chi connectivity index (χ1n) is 6.71. The number of benzene rings is 1. The number of hydrogen-bond acceptors (Lipinski definition) is 4. The number of amides is 1. The van der Waals surface area contributed by atoms with E-state index in [2.05, 4.69) is 17.3 Å². The highest BCUT2D eigenvalue weighted by molar-refractivity contribution is 7.99. The Morgan fingerprint density at radius 2 is 2.20 bits per heavy atom. The van der Waals surface area contributed by atoms with E-state index in [1.807, 2.05) is 23.1 Å². The Hall–Kier alpha value is -1.75. The van der Waals surface area contributed by atoms with Crippen LogP contribution < -0.4 is 0 Å². The molecule has 3 rings (SSSR count). The third-order valence-electron chi connectivity index (χ3n) is 3.38. The van der Waals surface area contributed by atoms with Gasteiger partial charge in [0.1, 0.15) is 5.76 Å². The molecular formula is C15H16N2O2S. The van der Waals surface area contributed by atoms with Crippen molar-refractivity contribution in [3.8, 4) is 0 Å². The largest absolute Gasteiger partial charge is 0.361 e. The number of thioether (sulfide) groups is 1. The summed E-state index contributed by atoms with van der Waals surface area (Å²) in [5, 5.41) is 3.78. The number of aromatic nitrogens is 1. The molecule has 0 saturated carbocycles. The summed E-state index contributed by atoms with van der Waals surface area (Å²) in [7, 11) is 0. The molecule has 1 amide bonds. The summed E-state index contributed by atoms with van der Waals surface area (Å²) in [5.74, 6) is 1.95. The molecule has 0 atom stereocenters. The highest BCUT2D eigenvalue weighted by Gasteiger charge is 2.22. The van der Waals surface area contributed by atoms with E-state index in [9.17, 15) is 4.79 Å². The van der Waals surface area contributed by atoms with Crippen LogP contribution in [0.5, 0.6) is 0 Å². The third-order valence-corrected chi connectivity index (χ3v) is 4.39. The number of fused-ring (bicyclic) bond motifs is 1. The minimum atomic E-state index is 0.209. The monoisotopic (exact) mass is 288 g/mol. The maximum absolute atomic E-state index is 12.2. The fourth-order valence-corrected chi connectivity index (χ4v) is 3.15. The fourth-order valence-electron chi connectivity index (χ4n) is 2.28. The topological polar surface area (TPSA) is 46.3 Å². The molecule has 5 heteroatoms. The van der Waals surface area contributed by atoms with Gasteiger partial charge >= 0.3 is 0 Å². The quantitative estimate of drug-likeness (QED) is 0.812. The standard InChI is InChI=1S/C15H16N2O2S/c18-15(7-9-20-13-4-2-1-3-5-13)17-8-6-14-12(11-17)10-16-19-14/h1-5,10H,6-9,11H2. The Bertz CT molecular complexity index is 583. The van der Waals surface area contributed by atoms with Crippen molar-refractivity contribution >= 4 is 17.7 Å². The van der Waals surface area contributed by atoms with Gasteiger partial charge < -0.3 is 9.42 Å². The minimum absolute atomic E-state index is 0.209. The van der Waals surface area contributed by atoms with E-state index in [1.54, 1.807) is 18.0 Å². The second kappa shape index (κ2) is 6.13. The Balaban J connectivity index is 1.48. The van der Waals surface area contributed by atoms with E-state index < -0.39 is 0 Å². The summed E-state index contributed by atoms with van der Waals surface area (Å²) in [6.45, 7) is 1.37. The normalized spacial score (nSPS) is 14.1. The molecule has 0 aliphatic carbocycles. The van der Waals surface area contributed by atoms with Gasteiger partial charge in [-0.3, -0.25) is 4.79 Å². The molecule has 4 nitrogen and oxygen atoms in total. The molecule has 0 spiro atoms. The second-order valence-corrected chi connectivity index (χ2v) is 5.92. The molecule has 0 N–H and O–H groups in total. The zero-order valence-corrected chi connectivity index (χ0v) is 11.9. The SMILES string of the molecule is O=C(CCSc1ccccc1)N1CCc2oncc2C1. The molecule has 0 bridgehead atoms. The maximum atomic E-state index is 12.2. The van der Waals surface area contributed by atoms with Gasteiger partial charge in [0.15, 0.2) is 0 Å². The van der Waals surface area contributed by atoms with Crippen LogP contribution in [0, 0.1) is 0 Å². The Kier molecular flexibility index (Phi) is 4.06. The molecule has 1 aliphatic heterocycles. The molecule has 20 heavy (non-hydrogen) atoms. The van der Waals surface area contributed by atoms with Crippen molar-refractivity contribution in [2.24, 2.45) is 0 Å². The van der Waals surface area contributed by atoms with Crippen molar-refractivity contribution in [3.63, 3.8) is 0 Å². The molecule has 2 aromatic rings. The lowest BCUT2D eigenvalue weighted by molar-refractivity contribution is -0.131. The van der Waals surface area contributed by atoms with Gasteiger partial charge in [-0.05, 0) is 12.1 Å². The smallest absolute Gasteiger partial charge is 0.223 e. The average molecular weight is 288 g/mol. The number of nitrogens with zero attached hydrogens (tertiary/aromatic N) is 2. The van der Waals surface area contributed by atoms with Gasteiger partial charge in [-0.25, -0.2) is 0 Å². The van der Waals surface area contributed by atoms with E-state index in [0.29, 0.717) is 13.0 Å². The molecule has 1 aromatic heterocycles. The van der Waals surface area contributed by atoms with Crippen LogP contribution in [-0.2, 0) is 17.8 Å². The number of hydrogen-bond donors (Lipinski definition) is 0. The average Bonchev–Trinajstić information content (AvgIpc) is 2.95. The Morgan fingerprint density at radius 1 is 1.35 bits per heavy atom. The highest BCUT2D eigenvalue weighted by atomic mass is 32.2. The summed E-state index contributed by atoms with van der Waals surface area (Å²) in [6, 6.07) is 10.2. The summed E-state index contributed by atoms with van der Waals surface area (Å²) in [5.41, 5.74) is 1.04. The predicted molar refractivity (Wildman–Crippen MR) is 77.4 cm³/mol. The van der Waals surface area contributed by atoms with Crippen LogP contribution in [0.2, 0.25) is 0 Å². The van der Waals surface area contributed by atoms with E-state index in [-0.39, 0.29) is 5.91 Å². The van der Waals surface area contributed by atoms with Crippen molar-refractivity contribution in [1.29, 1.82) is 0 Å². The van der Waals surface area contributed by atoms with Gasteiger partial charge in [-0.15, -0.1) is 11.8 Å². The lowest BCUT2D eigenvalue weighted by Crippen LogP contribution is -2.35. The molecule has 1 aliphatic rings. The highest BCUT2D eigenvalue weighted by Crippen LogP contribution is 2.21. The summed E-state index contributed by atoms with van der Waals surface area (Å²) in [6.07, 6.45) is 3.06. The lowest BCUT2D eigenvalue weighted by atomic mass is 10.1. The van der Waals surface area contributed by atoms with Gasteiger partial charge in [0.05, 0.1) is 12.7 Å². The molecule has 0 fully saturated rings. The molecule has 0 unspecified atom stereocenters. The van der Waals surface area contributed by atoms with Gasteiger partial charge in [-0.1, -0.05) is 23.4 Å². The van der Waals surface area contributed by atoms with E-state index >= 15 is 0 Å². The van der Waals surface area contributed by atoms with Crippen LogP contribution in [0.3, 0.4) is 0 Å². The van der Waals surface area contributed by atoms with E-state index in [4.69, 9.17) is 4.52 Å². The number of carbonyl (C=O) groups excluding carboxylic acids is 1. The molecule has 2 heterocycles. The van der Waals surface area contributed by atoms with Crippen molar-refractivity contribution in [1.82, 2.24) is 10.1 Å². The van der Waals surface area contributed by atoms with Gasteiger partial charge in [0.2, 0.25) is 5.91 Å². The number of rotatable bonds is 4. The first-order valence-corrected chi connectivity index (χ1v) is 7.69. The van der Waals surface area contributed by atoms with E-state index in [1.165, 1.54) is 4.90 Å². The van der Waals surface area contributed by atoms with Crippen LogP contribution >= 0.6 is 11.8 Å². The fraction of sp³-hybridized carbons (Fsp3) is 0.333. The van der Waals surface area contributed by atoms with Gasteiger partial charge in [0, 0.05) is 35.6 Å². The first-order chi connectivity index (χ1) is 9.83. The first kappa shape index (κ1) is 13.2. The Labute approximate surface area is 122 Å². The second-order valence-electron chi connectivity index (χ2n) is 4.75. The maximum Gasteiger partial charge on any atom is 0.223 e. The van der Waals surface area contributed by atoms with Crippen molar-refractivity contribution in [2.75, 3.05) is 12.3 Å². The molecule has 104 valence electrons. The van der Waals surface area contributed by atoms with Gasteiger partial charge in [-0.2, -0.15) is 0 Å². The van der Waals surface area contributed by atoms with Crippen LogP contribution in [0.15, 0.2) is 45.9 Å². The Morgan fingerprint density at radius 3 is 3.05 bits per heavy atom. The summed E-state index contributed by atoms with van der Waals surface area (Å²) >= 11 is 1.72. The molecular weight excluding hydrogens is 272 g/mol. The minimum Gasteiger partial charge on any atom is -0.361 e. The lowest BCUT2D eigenvalue weighted by Gasteiger charge is -2.25. The van der Waals surface area contributed by atoms with Crippen LogP contribution in [0.4, 0.5) is 0 Å².